The van der Waals surface area contributed by atoms with Crippen molar-refractivity contribution in [3.05, 3.63) is 96.2 Å². The summed E-state index contributed by atoms with van der Waals surface area (Å²) in [6.45, 7) is 1.97. The van der Waals surface area contributed by atoms with Crippen LogP contribution in [0.15, 0.2) is 84.9 Å². The zero-order chi connectivity index (χ0) is 23.3. The van der Waals surface area contributed by atoms with Crippen LogP contribution in [0.4, 0.5) is 17.3 Å². The molecule has 8 nitrogen and oxygen atoms in total. The van der Waals surface area contributed by atoms with Crippen molar-refractivity contribution in [2.45, 2.75) is 6.92 Å². The van der Waals surface area contributed by atoms with E-state index < -0.39 is 0 Å². The Morgan fingerprint density at radius 1 is 0.912 bits per heavy atom. The van der Waals surface area contributed by atoms with Crippen molar-refractivity contribution >= 4 is 34.6 Å². The van der Waals surface area contributed by atoms with Gasteiger partial charge in [0.1, 0.15) is 10.7 Å². The lowest BCUT2D eigenvalue weighted by molar-refractivity contribution is 0.102. The second-order valence-electron chi connectivity index (χ2n) is 7.39. The summed E-state index contributed by atoms with van der Waals surface area (Å²) in [6, 6.07) is 15.0. The van der Waals surface area contributed by atoms with Gasteiger partial charge >= 0.3 is 0 Å². The molecule has 4 aromatic heterocycles. The standard InChI is InChI=1S/C25H19N7OS/c1-16-4-5-19(29-23(33)22-15-34-24(30-22)17-6-10-26-11-7-17)13-21(16)32-25-28-12-8-20(31-25)18-3-2-9-27-14-18/h2-15H,1H3,(H,29,33)(H,28,31,32). The Kier molecular flexibility index (Phi) is 6.00. The SMILES string of the molecule is Cc1ccc(NC(=O)c2csc(-c3ccncc3)n2)cc1Nc1nccc(-c2cccnc2)n1. The molecule has 2 N–H and O–H groups in total. The van der Waals surface area contributed by atoms with Crippen LogP contribution in [-0.2, 0) is 0 Å². The third-order valence-electron chi connectivity index (χ3n) is 5.02. The van der Waals surface area contributed by atoms with Crippen LogP contribution in [0.25, 0.3) is 21.8 Å². The molecule has 166 valence electrons. The van der Waals surface area contributed by atoms with E-state index in [1.165, 1.54) is 11.3 Å². The molecule has 5 rings (SSSR count). The van der Waals surface area contributed by atoms with E-state index >= 15 is 0 Å². The largest absolute Gasteiger partial charge is 0.324 e. The first kappa shape index (κ1) is 21.4. The Morgan fingerprint density at radius 2 is 1.79 bits per heavy atom. The molecule has 0 atom stereocenters. The topological polar surface area (TPSA) is 106 Å². The highest BCUT2D eigenvalue weighted by Gasteiger charge is 2.13. The zero-order valence-electron chi connectivity index (χ0n) is 18.1. The van der Waals surface area contributed by atoms with Gasteiger partial charge in [-0.3, -0.25) is 14.8 Å². The number of benzene rings is 1. The molecule has 0 aliphatic carbocycles. The van der Waals surface area contributed by atoms with Crippen LogP contribution in [-0.4, -0.2) is 30.8 Å². The number of carbonyl (C=O) groups excluding carboxylic acids is 1. The number of pyridine rings is 2. The van der Waals surface area contributed by atoms with E-state index in [1.54, 1.807) is 36.4 Å². The summed E-state index contributed by atoms with van der Waals surface area (Å²) in [6.07, 6.45) is 8.58. The summed E-state index contributed by atoms with van der Waals surface area (Å²) < 4.78 is 0. The summed E-state index contributed by atoms with van der Waals surface area (Å²) in [5, 5.41) is 8.68. The van der Waals surface area contributed by atoms with Gasteiger partial charge < -0.3 is 10.6 Å². The normalized spacial score (nSPS) is 10.6. The van der Waals surface area contributed by atoms with Crippen molar-refractivity contribution in [3.8, 4) is 21.8 Å². The second-order valence-corrected chi connectivity index (χ2v) is 8.25. The number of nitrogens with one attached hydrogen (secondary N) is 2. The van der Waals surface area contributed by atoms with Crippen LogP contribution >= 0.6 is 11.3 Å². The van der Waals surface area contributed by atoms with Crippen molar-refractivity contribution in [3.63, 3.8) is 0 Å². The van der Waals surface area contributed by atoms with Crippen molar-refractivity contribution in [1.82, 2.24) is 24.9 Å². The maximum absolute atomic E-state index is 12.8. The molecule has 0 spiro atoms. The predicted molar refractivity (Wildman–Crippen MR) is 133 cm³/mol. The van der Waals surface area contributed by atoms with Gasteiger partial charge in [0.15, 0.2) is 0 Å². The maximum atomic E-state index is 12.8. The molecule has 9 heteroatoms. The number of amides is 1. The number of hydrogen-bond donors (Lipinski definition) is 2. The minimum atomic E-state index is -0.277. The van der Waals surface area contributed by atoms with E-state index in [1.807, 2.05) is 55.5 Å². The molecule has 34 heavy (non-hydrogen) atoms. The minimum Gasteiger partial charge on any atom is -0.324 e. The highest BCUT2D eigenvalue weighted by molar-refractivity contribution is 7.13. The molecule has 0 aliphatic heterocycles. The number of hydrogen-bond acceptors (Lipinski definition) is 8. The van der Waals surface area contributed by atoms with E-state index in [0.29, 0.717) is 17.3 Å². The Hall–Kier alpha value is -4.50. The first-order valence-electron chi connectivity index (χ1n) is 10.4. The van der Waals surface area contributed by atoms with Gasteiger partial charge in [-0.1, -0.05) is 6.07 Å². The van der Waals surface area contributed by atoms with E-state index in [0.717, 1.165) is 33.1 Å². The first-order chi connectivity index (χ1) is 16.7. The molecule has 0 saturated carbocycles. The lowest BCUT2D eigenvalue weighted by atomic mass is 10.1. The summed E-state index contributed by atoms with van der Waals surface area (Å²) in [7, 11) is 0. The molecule has 4 heterocycles. The lowest BCUT2D eigenvalue weighted by Gasteiger charge is -2.12. The number of rotatable bonds is 6. The van der Waals surface area contributed by atoms with Gasteiger partial charge in [-0.05, 0) is 55.0 Å². The molecule has 0 radical (unpaired) electrons. The van der Waals surface area contributed by atoms with Gasteiger partial charge in [0, 0.05) is 58.9 Å². The maximum Gasteiger partial charge on any atom is 0.275 e. The van der Waals surface area contributed by atoms with Gasteiger partial charge in [0.2, 0.25) is 5.95 Å². The Labute approximate surface area is 199 Å². The average Bonchev–Trinajstić information content (AvgIpc) is 3.38. The molecular weight excluding hydrogens is 446 g/mol. The molecule has 5 aromatic rings. The monoisotopic (exact) mass is 465 g/mol. The number of anilines is 3. The Morgan fingerprint density at radius 3 is 2.62 bits per heavy atom. The average molecular weight is 466 g/mol. The molecule has 1 aromatic carbocycles. The quantitative estimate of drug-likeness (QED) is 0.348. The van der Waals surface area contributed by atoms with Gasteiger partial charge in [-0.2, -0.15) is 0 Å². The third kappa shape index (κ3) is 4.79. The number of nitrogens with zero attached hydrogens (tertiary/aromatic N) is 5. The molecular formula is C25H19N7OS. The van der Waals surface area contributed by atoms with E-state index in [4.69, 9.17) is 0 Å². The Bertz CT molecular complexity index is 1440. The van der Waals surface area contributed by atoms with Gasteiger partial charge in [-0.15, -0.1) is 11.3 Å². The lowest BCUT2D eigenvalue weighted by Crippen LogP contribution is -2.12. The molecule has 0 bridgehead atoms. The van der Waals surface area contributed by atoms with Crippen LogP contribution < -0.4 is 10.6 Å². The van der Waals surface area contributed by atoms with Crippen molar-refractivity contribution in [2.75, 3.05) is 10.6 Å². The van der Waals surface area contributed by atoms with Crippen molar-refractivity contribution in [1.29, 1.82) is 0 Å². The summed E-state index contributed by atoms with van der Waals surface area (Å²) in [5.41, 5.74) is 5.37. The van der Waals surface area contributed by atoms with Crippen LogP contribution in [0.2, 0.25) is 0 Å². The van der Waals surface area contributed by atoms with Gasteiger partial charge in [-0.25, -0.2) is 15.0 Å². The van der Waals surface area contributed by atoms with Crippen molar-refractivity contribution in [2.24, 2.45) is 0 Å². The van der Waals surface area contributed by atoms with Crippen LogP contribution in [0.3, 0.4) is 0 Å². The zero-order valence-corrected chi connectivity index (χ0v) is 19.0. The van der Waals surface area contributed by atoms with E-state index in [2.05, 4.69) is 35.6 Å². The van der Waals surface area contributed by atoms with Crippen LogP contribution in [0.1, 0.15) is 16.1 Å². The number of thiazole rings is 1. The van der Waals surface area contributed by atoms with E-state index in [-0.39, 0.29) is 5.91 Å². The molecule has 0 saturated heterocycles. The van der Waals surface area contributed by atoms with Crippen LogP contribution in [0.5, 0.6) is 0 Å². The molecule has 0 unspecified atom stereocenters. The highest BCUT2D eigenvalue weighted by Crippen LogP contribution is 2.26. The van der Waals surface area contributed by atoms with Gasteiger partial charge in [0.05, 0.1) is 5.69 Å². The highest BCUT2D eigenvalue weighted by atomic mass is 32.1. The minimum absolute atomic E-state index is 0.277. The fourth-order valence-electron chi connectivity index (χ4n) is 3.25. The second kappa shape index (κ2) is 9.55. The molecule has 1 amide bonds. The van der Waals surface area contributed by atoms with Crippen LogP contribution in [0, 0.1) is 6.92 Å². The smallest absolute Gasteiger partial charge is 0.275 e. The summed E-state index contributed by atoms with van der Waals surface area (Å²) >= 11 is 1.42. The molecule has 0 aliphatic rings. The molecule has 0 fully saturated rings. The third-order valence-corrected chi connectivity index (χ3v) is 5.91. The number of carbonyl (C=O) groups is 1. The Balaban J connectivity index is 1.33. The summed E-state index contributed by atoms with van der Waals surface area (Å²) in [4.78, 5) is 34.3. The number of aryl methyl sites for hydroxylation is 1. The van der Waals surface area contributed by atoms with E-state index in [9.17, 15) is 4.79 Å². The number of aromatic nitrogens is 5. The van der Waals surface area contributed by atoms with Crippen molar-refractivity contribution < 1.29 is 4.79 Å². The first-order valence-corrected chi connectivity index (χ1v) is 11.3. The van der Waals surface area contributed by atoms with Gasteiger partial charge in [0.25, 0.3) is 5.91 Å². The fourth-order valence-corrected chi connectivity index (χ4v) is 4.06. The fraction of sp³-hybridized carbons (Fsp3) is 0.0400. The summed E-state index contributed by atoms with van der Waals surface area (Å²) in [5.74, 6) is 0.176. The predicted octanol–water partition coefficient (Wildman–Crippen LogP) is 5.36.